The maximum atomic E-state index is 12.5. The molecule has 1 heterocycles. The van der Waals surface area contributed by atoms with Crippen molar-refractivity contribution in [2.24, 2.45) is 0 Å². The number of carbonyl (C=O) groups excluding carboxylic acids is 1. The van der Waals surface area contributed by atoms with Gasteiger partial charge in [-0.3, -0.25) is 0 Å². The smallest absolute Gasteiger partial charge is 0.319 e. The van der Waals surface area contributed by atoms with Crippen LogP contribution in [0.1, 0.15) is 44.2 Å². The summed E-state index contributed by atoms with van der Waals surface area (Å²) >= 11 is 0. The molecule has 1 saturated heterocycles. The standard InChI is InChI=1S/C21H33N3O2/c1-4-23(5-2)21(25)24-12-10-18(11-13-24)22-19-8-6-16-7-9-20(26-3)15-17(16)14-19/h7,9,15,18-19,22H,4-6,8,10-14H2,1-3H3. The van der Waals surface area contributed by atoms with Gasteiger partial charge < -0.3 is 19.9 Å². The van der Waals surface area contributed by atoms with Crippen LogP contribution >= 0.6 is 0 Å². The van der Waals surface area contributed by atoms with Crippen LogP contribution in [-0.4, -0.2) is 61.2 Å². The molecule has 1 aromatic carbocycles. The Labute approximate surface area is 157 Å². The number of aryl methyl sites for hydroxylation is 1. The van der Waals surface area contributed by atoms with Crippen molar-refractivity contribution in [3.63, 3.8) is 0 Å². The zero-order chi connectivity index (χ0) is 18.5. The van der Waals surface area contributed by atoms with Crippen molar-refractivity contribution in [3.05, 3.63) is 29.3 Å². The maximum absolute atomic E-state index is 12.5. The summed E-state index contributed by atoms with van der Waals surface area (Å²) in [4.78, 5) is 16.4. The summed E-state index contributed by atoms with van der Waals surface area (Å²) in [7, 11) is 1.73. The molecule has 1 aliphatic heterocycles. The number of benzene rings is 1. The molecule has 1 fully saturated rings. The van der Waals surface area contributed by atoms with E-state index >= 15 is 0 Å². The second-order valence-electron chi connectivity index (χ2n) is 7.46. The molecule has 26 heavy (non-hydrogen) atoms. The van der Waals surface area contributed by atoms with Gasteiger partial charge >= 0.3 is 6.03 Å². The van der Waals surface area contributed by atoms with E-state index in [9.17, 15) is 4.79 Å². The van der Waals surface area contributed by atoms with Gasteiger partial charge in [0.1, 0.15) is 5.75 Å². The first-order valence-electron chi connectivity index (χ1n) is 10.1. The minimum atomic E-state index is 0.201. The fourth-order valence-electron chi connectivity index (χ4n) is 4.27. The van der Waals surface area contributed by atoms with Gasteiger partial charge in [0.25, 0.3) is 0 Å². The van der Waals surface area contributed by atoms with Crippen LogP contribution in [-0.2, 0) is 12.8 Å². The SMILES string of the molecule is CCN(CC)C(=O)N1CCC(NC2CCc3ccc(OC)cc3C2)CC1. The van der Waals surface area contributed by atoms with Gasteiger partial charge in [0.2, 0.25) is 0 Å². The van der Waals surface area contributed by atoms with Crippen molar-refractivity contribution in [2.75, 3.05) is 33.3 Å². The monoisotopic (exact) mass is 359 g/mol. The highest BCUT2D eigenvalue weighted by molar-refractivity contribution is 5.74. The third-order valence-electron chi connectivity index (χ3n) is 5.91. The predicted octanol–water partition coefficient (Wildman–Crippen LogP) is 3.07. The first-order chi connectivity index (χ1) is 12.6. The number of urea groups is 1. The Morgan fingerprint density at radius 1 is 1.15 bits per heavy atom. The van der Waals surface area contributed by atoms with E-state index in [1.807, 2.05) is 23.6 Å². The Hall–Kier alpha value is -1.75. The van der Waals surface area contributed by atoms with Gasteiger partial charge in [0, 0.05) is 38.3 Å². The molecule has 5 nitrogen and oxygen atoms in total. The number of fused-ring (bicyclic) bond motifs is 1. The fraction of sp³-hybridized carbons (Fsp3) is 0.667. The molecule has 1 aliphatic carbocycles. The van der Waals surface area contributed by atoms with Crippen molar-refractivity contribution in [1.82, 2.24) is 15.1 Å². The number of hydrogen-bond donors (Lipinski definition) is 1. The molecular weight excluding hydrogens is 326 g/mol. The summed E-state index contributed by atoms with van der Waals surface area (Å²) in [6.07, 6.45) is 5.50. The number of piperidine rings is 1. The van der Waals surface area contributed by atoms with Crippen LogP contribution in [0.3, 0.4) is 0 Å². The second kappa shape index (κ2) is 8.76. The number of hydrogen-bond acceptors (Lipinski definition) is 3. The average molecular weight is 360 g/mol. The highest BCUT2D eigenvalue weighted by Gasteiger charge is 2.27. The Balaban J connectivity index is 1.50. The van der Waals surface area contributed by atoms with Crippen molar-refractivity contribution in [1.29, 1.82) is 0 Å². The Morgan fingerprint density at radius 3 is 2.54 bits per heavy atom. The molecule has 2 amide bonds. The lowest BCUT2D eigenvalue weighted by Crippen LogP contribution is -2.51. The van der Waals surface area contributed by atoms with E-state index in [0.717, 1.165) is 57.6 Å². The van der Waals surface area contributed by atoms with Crippen LogP contribution < -0.4 is 10.1 Å². The molecule has 3 rings (SSSR count). The molecule has 1 atom stereocenters. The topological polar surface area (TPSA) is 44.8 Å². The first-order valence-corrected chi connectivity index (χ1v) is 10.1. The van der Waals surface area contributed by atoms with Crippen LogP contribution in [0.5, 0.6) is 5.75 Å². The minimum absolute atomic E-state index is 0.201. The van der Waals surface area contributed by atoms with Gasteiger partial charge in [-0.15, -0.1) is 0 Å². The van der Waals surface area contributed by atoms with E-state index in [1.54, 1.807) is 7.11 Å². The number of ether oxygens (including phenoxy) is 1. The van der Waals surface area contributed by atoms with Gasteiger partial charge in [-0.2, -0.15) is 0 Å². The number of rotatable bonds is 5. The third kappa shape index (κ3) is 4.32. The summed E-state index contributed by atoms with van der Waals surface area (Å²) in [5.41, 5.74) is 2.88. The number of amides is 2. The van der Waals surface area contributed by atoms with E-state index < -0.39 is 0 Å². The number of carbonyl (C=O) groups is 1. The molecule has 144 valence electrons. The van der Waals surface area contributed by atoms with E-state index in [-0.39, 0.29) is 6.03 Å². The molecule has 0 bridgehead atoms. The number of nitrogens with zero attached hydrogens (tertiary/aromatic N) is 2. The van der Waals surface area contributed by atoms with E-state index in [1.165, 1.54) is 17.5 Å². The molecule has 0 saturated carbocycles. The van der Waals surface area contributed by atoms with Crippen molar-refractivity contribution >= 4 is 6.03 Å². The van der Waals surface area contributed by atoms with Crippen LogP contribution in [0.4, 0.5) is 4.79 Å². The molecule has 1 N–H and O–H groups in total. The van der Waals surface area contributed by atoms with Crippen molar-refractivity contribution in [3.8, 4) is 5.75 Å². The second-order valence-corrected chi connectivity index (χ2v) is 7.46. The Morgan fingerprint density at radius 2 is 1.88 bits per heavy atom. The van der Waals surface area contributed by atoms with Gasteiger partial charge in [-0.05, 0) is 69.2 Å². The largest absolute Gasteiger partial charge is 0.497 e. The van der Waals surface area contributed by atoms with Crippen LogP contribution in [0.25, 0.3) is 0 Å². The molecule has 1 aromatic rings. The number of nitrogens with one attached hydrogen (secondary N) is 1. The van der Waals surface area contributed by atoms with Crippen LogP contribution in [0.2, 0.25) is 0 Å². The first kappa shape index (κ1) is 19.0. The fourth-order valence-corrected chi connectivity index (χ4v) is 4.27. The highest BCUT2D eigenvalue weighted by Crippen LogP contribution is 2.26. The van der Waals surface area contributed by atoms with E-state index in [0.29, 0.717) is 12.1 Å². The minimum Gasteiger partial charge on any atom is -0.497 e. The lowest BCUT2D eigenvalue weighted by Gasteiger charge is -2.37. The molecule has 0 spiro atoms. The summed E-state index contributed by atoms with van der Waals surface area (Å²) in [5, 5.41) is 3.86. The van der Waals surface area contributed by atoms with Gasteiger partial charge in [0.05, 0.1) is 7.11 Å². The summed E-state index contributed by atoms with van der Waals surface area (Å²) in [5.74, 6) is 0.952. The zero-order valence-corrected chi connectivity index (χ0v) is 16.5. The normalized spacial score (nSPS) is 20.6. The molecule has 0 aromatic heterocycles. The molecular formula is C21H33N3O2. The summed E-state index contributed by atoms with van der Waals surface area (Å²) in [6, 6.07) is 7.72. The Bertz CT molecular complexity index is 607. The van der Waals surface area contributed by atoms with E-state index in [2.05, 4.69) is 23.5 Å². The van der Waals surface area contributed by atoms with E-state index in [4.69, 9.17) is 4.74 Å². The Kier molecular flexibility index (Phi) is 6.41. The van der Waals surface area contributed by atoms with Crippen molar-refractivity contribution in [2.45, 2.75) is 58.0 Å². The predicted molar refractivity (Wildman–Crippen MR) is 105 cm³/mol. The van der Waals surface area contributed by atoms with Crippen LogP contribution in [0, 0.1) is 0 Å². The molecule has 5 heteroatoms. The number of likely N-dealkylation sites (tertiary alicyclic amines) is 1. The molecule has 0 radical (unpaired) electrons. The summed E-state index contributed by atoms with van der Waals surface area (Å²) < 4.78 is 5.38. The quantitative estimate of drug-likeness (QED) is 0.879. The van der Waals surface area contributed by atoms with Crippen molar-refractivity contribution < 1.29 is 9.53 Å². The molecule has 1 unspecified atom stereocenters. The lowest BCUT2D eigenvalue weighted by molar-refractivity contribution is 0.138. The van der Waals surface area contributed by atoms with Crippen LogP contribution in [0.15, 0.2) is 18.2 Å². The zero-order valence-electron chi connectivity index (χ0n) is 16.5. The lowest BCUT2D eigenvalue weighted by atomic mass is 9.87. The number of methoxy groups -OCH3 is 1. The summed E-state index contributed by atoms with van der Waals surface area (Å²) in [6.45, 7) is 7.41. The van der Waals surface area contributed by atoms with Gasteiger partial charge in [0.15, 0.2) is 0 Å². The highest BCUT2D eigenvalue weighted by atomic mass is 16.5. The maximum Gasteiger partial charge on any atom is 0.319 e. The van der Waals surface area contributed by atoms with Gasteiger partial charge in [-0.1, -0.05) is 6.07 Å². The average Bonchev–Trinajstić information content (AvgIpc) is 2.68. The molecule has 2 aliphatic rings. The third-order valence-corrected chi connectivity index (χ3v) is 5.91. The van der Waals surface area contributed by atoms with Gasteiger partial charge in [-0.25, -0.2) is 4.79 Å².